The SMILES string of the molecule is BC(=O)Oc1ccccc1C#N. The molecule has 0 bridgehead atoms. The molecule has 1 aromatic rings. The lowest BCUT2D eigenvalue weighted by molar-refractivity contribution is 0.225. The summed E-state index contributed by atoms with van der Waals surface area (Å²) in [6.45, 7) is 0. The molecule has 58 valence electrons. The molecule has 3 nitrogen and oxygen atoms in total. The second kappa shape index (κ2) is 3.58. The molecule has 1 aromatic carbocycles. The van der Waals surface area contributed by atoms with Crippen LogP contribution >= 0.6 is 0 Å². The first-order chi connectivity index (χ1) is 5.74. The Hall–Kier alpha value is -1.76. The van der Waals surface area contributed by atoms with Gasteiger partial charge in [-0.2, -0.15) is 5.26 Å². The number of nitriles is 1. The third kappa shape index (κ3) is 1.86. The third-order valence-corrected chi connectivity index (χ3v) is 1.26. The van der Waals surface area contributed by atoms with Gasteiger partial charge < -0.3 is 4.74 Å². The third-order valence-electron chi connectivity index (χ3n) is 1.26. The van der Waals surface area contributed by atoms with Crippen molar-refractivity contribution in [1.82, 2.24) is 0 Å². The number of rotatable bonds is 1. The van der Waals surface area contributed by atoms with Crippen LogP contribution in [0, 0.1) is 11.3 Å². The summed E-state index contributed by atoms with van der Waals surface area (Å²) in [6.07, 6.45) is 0. The minimum absolute atomic E-state index is 0.313. The van der Waals surface area contributed by atoms with Crippen LogP contribution in [-0.4, -0.2) is 13.7 Å². The number of carbonyl (C=O) groups excluding carboxylic acids is 1. The zero-order chi connectivity index (χ0) is 8.97. The summed E-state index contributed by atoms with van der Waals surface area (Å²) in [6, 6.07) is 8.52. The van der Waals surface area contributed by atoms with Crippen LogP contribution in [-0.2, 0) is 0 Å². The van der Waals surface area contributed by atoms with Crippen molar-refractivity contribution in [1.29, 1.82) is 5.26 Å². The van der Waals surface area contributed by atoms with Crippen LogP contribution in [0.15, 0.2) is 24.3 Å². The Kier molecular flexibility index (Phi) is 2.49. The number of nitrogens with zero attached hydrogens (tertiary/aromatic N) is 1. The average molecular weight is 159 g/mol. The molecule has 4 heteroatoms. The predicted molar refractivity (Wildman–Crippen MR) is 45.7 cm³/mol. The summed E-state index contributed by atoms with van der Waals surface area (Å²) < 4.78 is 4.77. The van der Waals surface area contributed by atoms with Crippen molar-refractivity contribution < 1.29 is 9.53 Å². The van der Waals surface area contributed by atoms with Gasteiger partial charge in [0.1, 0.15) is 11.8 Å². The normalized spacial score (nSPS) is 8.58. The highest BCUT2D eigenvalue weighted by Crippen LogP contribution is 2.16. The van der Waals surface area contributed by atoms with Crippen LogP contribution in [0.1, 0.15) is 5.56 Å². The smallest absolute Gasteiger partial charge is 0.248 e. The highest BCUT2D eigenvalue weighted by molar-refractivity contribution is 6.55. The standard InChI is InChI=1S/C8H6BNO2/c9-8(11)12-7-4-2-1-3-6(7)5-10/h1-4H,9H2. The zero-order valence-electron chi connectivity index (χ0n) is 6.57. The Morgan fingerprint density at radius 1 is 1.50 bits per heavy atom. The van der Waals surface area contributed by atoms with Crippen molar-refractivity contribution in [2.75, 3.05) is 0 Å². The topological polar surface area (TPSA) is 50.1 Å². The van der Waals surface area contributed by atoms with Crippen LogP contribution < -0.4 is 4.74 Å². The molecule has 0 aliphatic heterocycles. The maximum absolute atomic E-state index is 10.5. The molecule has 0 fully saturated rings. The van der Waals surface area contributed by atoms with Crippen LogP contribution in [0.2, 0.25) is 0 Å². The van der Waals surface area contributed by atoms with Gasteiger partial charge in [0, 0.05) is 0 Å². The quantitative estimate of drug-likeness (QED) is 0.566. The molecule has 1 rings (SSSR count). The molecule has 0 unspecified atom stereocenters. The van der Waals surface area contributed by atoms with Crippen molar-refractivity contribution >= 4 is 13.7 Å². The molecule has 0 saturated heterocycles. The van der Waals surface area contributed by atoms with Gasteiger partial charge in [0.2, 0.25) is 13.7 Å². The van der Waals surface area contributed by atoms with Crippen LogP contribution in [0.3, 0.4) is 0 Å². The Morgan fingerprint density at radius 2 is 2.17 bits per heavy atom. The van der Waals surface area contributed by atoms with E-state index in [2.05, 4.69) is 0 Å². The number of para-hydroxylation sites is 1. The second-order valence-corrected chi connectivity index (χ2v) is 2.20. The Labute approximate surface area is 71.0 Å². The molecule has 0 heterocycles. The predicted octanol–water partition coefficient (Wildman–Crippen LogP) is 0.690. The van der Waals surface area contributed by atoms with Crippen molar-refractivity contribution in [3.63, 3.8) is 0 Å². The maximum atomic E-state index is 10.5. The Morgan fingerprint density at radius 3 is 2.75 bits per heavy atom. The molecule has 0 atom stereocenters. The van der Waals surface area contributed by atoms with E-state index in [4.69, 9.17) is 10.00 Å². The summed E-state index contributed by atoms with van der Waals surface area (Å²) in [5, 5.41) is 8.59. The van der Waals surface area contributed by atoms with E-state index in [1.165, 1.54) is 7.85 Å². The molecule has 12 heavy (non-hydrogen) atoms. The Balaban J connectivity index is 2.99. The molecule has 0 aliphatic rings. The number of ether oxygens (including phenoxy) is 1. The highest BCUT2D eigenvalue weighted by Gasteiger charge is 2.02. The van der Waals surface area contributed by atoms with Gasteiger partial charge in [0.15, 0.2) is 0 Å². The van der Waals surface area contributed by atoms with Crippen molar-refractivity contribution in [2.45, 2.75) is 0 Å². The number of carbonyl (C=O) groups is 1. The second-order valence-electron chi connectivity index (χ2n) is 2.20. The van der Waals surface area contributed by atoms with Gasteiger partial charge in [-0.3, -0.25) is 4.79 Å². The molecule has 0 aliphatic carbocycles. The lowest BCUT2D eigenvalue weighted by Crippen LogP contribution is -2.05. The highest BCUT2D eigenvalue weighted by atomic mass is 16.5. The van der Waals surface area contributed by atoms with E-state index in [9.17, 15) is 4.79 Å². The van der Waals surface area contributed by atoms with E-state index in [1.54, 1.807) is 24.3 Å². The molecule has 0 spiro atoms. The first kappa shape index (κ1) is 8.34. The van der Waals surface area contributed by atoms with Gasteiger partial charge in [0.25, 0.3) is 0 Å². The van der Waals surface area contributed by atoms with E-state index >= 15 is 0 Å². The van der Waals surface area contributed by atoms with Crippen molar-refractivity contribution in [3.05, 3.63) is 29.8 Å². The van der Waals surface area contributed by atoms with Gasteiger partial charge in [-0.1, -0.05) is 12.1 Å². The minimum atomic E-state index is -0.419. The summed E-state index contributed by atoms with van der Waals surface area (Å²) in [7, 11) is 1.30. The van der Waals surface area contributed by atoms with Gasteiger partial charge >= 0.3 is 0 Å². The fraction of sp³-hybridized carbons (Fsp3) is 0. The van der Waals surface area contributed by atoms with E-state index < -0.39 is 5.87 Å². The fourth-order valence-electron chi connectivity index (χ4n) is 0.803. The van der Waals surface area contributed by atoms with Crippen LogP contribution in [0.4, 0.5) is 4.79 Å². The van der Waals surface area contributed by atoms with Crippen molar-refractivity contribution in [2.24, 2.45) is 0 Å². The number of hydrogen-bond acceptors (Lipinski definition) is 3. The van der Waals surface area contributed by atoms with Gasteiger partial charge in [-0.25, -0.2) is 0 Å². The van der Waals surface area contributed by atoms with Gasteiger partial charge in [-0.05, 0) is 12.1 Å². The van der Waals surface area contributed by atoms with Crippen molar-refractivity contribution in [3.8, 4) is 11.8 Å². The van der Waals surface area contributed by atoms with E-state index in [0.717, 1.165) is 0 Å². The molecule has 0 N–H and O–H groups in total. The molecular formula is C8H6BNO2. The summed E-state index contributed by atoms with van der Waals surface area (Å²) in [5.41, 5.74) is 0.368. The average Bonchev–Trinajstić information content (AvgIpc) is 2.04. The fourth-order valence-corrected chi connectivity index (χ4v) is 0.803. The van der Waals surface area contributed by atoms with Crippen LogP contribution in [0.25, 0.3) is 0 Å². The first-order valence-electron chi connectivity index (χ1n) is 3.41. The van der Waals surface area contributed by atoms with E-state index in [1.807, 2.05) is 6.07 Å². The summed E-state index contributed by atoms with van der Waals surface area (Å²) >= 11 is 0. The largest absolute Gasteiger partial charge is 0.434 e. The van der Waals surface area contributed by atoms with Crippen LogP contribution in [0.5, 0.6) is 5.75 Å². The Bertz CT molecular complexity index is 343. The molecular weight excluding hydrogens is 153 g/mol. The molecule has 0 amide bonds. The molecule has 0 saturated carbocycles. The minimum Gasteiger partial charge on any atom is -0.434 e. The maximum Gasteiger partial charge on any atom is 0.248 e. The van der Waals surface area contributed by atoms with E-state index in [-0.39, 0.29) is 0 Å². The summed E-state index contributed by atoms with van der Waals surface area (Å²) in [5.74, 6) is -0.106. The van der Waals surface area contributed by atoms with Gasteiger partial charge in [0.05, 0.1) is 5.56 Å². The van der Waals surface area contributed by atoms with E-state index in [0.29, 0.717) is 11.3 Å². The lowest BCUT2D eigenvalue weighted by Gasteiger charge is -2.01. The zero-order valence-corrected chi connectivity index (χ0v) is 6.57. The lowest BCUT2D eigenvalue weighted by atomic mass is 10.1. The molecule has 0 aromatic heterocycles. The number of hydrogen-bond donors (Lipinski definition) is 0. The number of benzene rings is 1. The molecule has 0 radical (unpaired) electrons. The summed E-state index contributed by atoms with van der Waals surface area (Å²) in [4.78, 5) is 10.5. The monoisotopic (exact) mass is 159 g/mol. The van der Waals surface area contributed by atoms with Gasteiger partial charge in [-0.15, -0.1) is 0 Å². The first-order valence-corrected chi connectivity index (χ1v) is 3.41.